The van der Waals surface area contributed by atoms with Crippen LogP contribution in [-0.4, -0.2) is 10.8 Å². The van der Waals surface area contributed by atoms with Gasteiger partial charge in [0.15, 0.2) is 0 Å². The monoisotopic (exact) mass is 260 g/mol. The van der Waals surface area contributed by atoms with Gasteiger partial charge in [-0.1, -0.05) is 0 Å². The van der Waals surface area contributed by atoms with E-state index in [1.165, 1.54) is 30.5 Å². The maximum atomic E-state index is 11.9. The molecule has 1 heterocycles. The third-order valence-corrected chi connectivity index (χ3v) is 2.66. The Labute approximate surface area is 109 Å². The lowest BCUT2D eigenvalue weighted by atomic mass is 10.1. The van der Waals surface area contributed by atoms with Crippen molar-refractivity contribution in [3.05, 3.63) is 64.1 Å². The molecule has 19 heavy (non-hydrogen) atoms. The number of carbonyl (C=O) groups excluding carboxylic acids is 1. The molecule has 0 unspecified atom stereocenters. The Hall–Kier alpha value is -2.63. The Morgan fingerprint density at radius 1 is 1.32 bits per heavy atom. The first-order chi connectivity index (χ1) is 9.08. The highest BCUT2D eigenvalue weighted by Gasteiger charge is 2.14. The third kappa shape index (κ3) is 2.98. The molecule has 0 saturated carbocycles. The van der Waals surface area contributed by atoms with Crippen LogP contribution in [0.3, 0.4) is 0 Å². The zero-order valence-corrected chi connectivity index (χ0v) is 10.2. The van der Waals surface area contributed by atoms with Crippen LogP contribution in [0.15, 0.2) is 47.1 Å². The summed E-state index contributed by atoms with van der Waals surface area (Å²) in [5, 5.41) is 13.3. The number of carbonyl (C=O) groups is 1. The largest absolute Gasteiger partial charge is 0.467 e. The molecule has 1 N–H and O–H groups in total. The Kier molecular flexibility index (Phi) is 3.61. The molecule has 0 aliphatic carbocycles. The SMILES string of the molecule is C[C@@H](NC(=O)c1ccc([N+](=O)[O-])cc1)c1ccco1. The van der Waals surface area contributed by atoms with Crippen LogP contribution >= 0.6 is 0 Å². The van der Waals surface area contributed by atoms with Crippen molar-refractivity contribution in [2.45, 2.75) is 13.0 Å². The Morgan fingerprint density at radius 2 is 2.00 bits per heavy atom. The van der Waals surface area contributed by atoms with Crippen LogP contribution in [0.25, 0.3) is 0 Å². The maximum absolute atomic E-state index is 11.9. The van der Waals surface area contributed by atoms with Gasteiger partial charge in [-0.2, -0.15) is 0 Å². The fourth-order valence-electron chi connectivity index (χ4n) is 1.62. The third-order valence-electron chi connectivity index (χ3n) is 2.66. The van der Waals surface area contributed by atoms with E-state index in [4.69, 9.17) is 4.42 Å². The summed E-state index contributed by atoms with van der Waals surface area (Å²) in [6.07, 6.45) is 1.53. The maximum Gasteiger partial charge on any atom is 0.269 e. The topological polar surface area (TPSA) is 85.4 Å². The van der Waals surface area contributed by atoms with E-state index < -0.39 is 4.92 Å². The summed E-state index contributed by atoms with van der Waals surface area (Å²) >= 11 is 0. The Morgan fingerprint density at radius 3 is 2.53 bits per heavy atom. The van der Waals surface area contributed by atoms with Gasteiger partial charge >= 0.3 is 0 Å². The predicted molar refractivity (Wildman–Crippen MR) is 67.7 cm³/mol. The van der Waals surface area contributed by atoms with E-state index in [-0.39, 0.29) is 17.6 Å². The van der Waals surface area contributed by atoms with Gasteiger partial charge in [0.05, 0.1) is 17.2 Å². The number of non-ortho nitro benzene ring substituents is 1. The molecule has 1 aromatic carbocycles. The van der Waals surface area contributed by atoms with Gasteiger partial charge in [-0.25, -0.2) is 0 Å². The van der Waals surface area contributed by atoms with Crippen LogP contribution < -0.4 is 5.32 Å². The van der Waals surface area contributed by atoms with Crippen LogP contribution in [0.4, 0.5) is 5.69 Å². The van der Waals surface area contributed by atoms with E-state index in [0.717, 1.165) is 0 Å². The number of nitro benzene ring substituents is 1. The summed E-state index contributed by atoms with van der Waals surface area (Å²) in [5.74, 6) is 0.342. The highest BCUT2D eigenvalue weighted by atomic mass is 16.6. The van der Waals surface area contributed by atoms with E-state index in [1.807, 2.05) is 0 Å². The van der Waals surface area contributed by atoms with Gasteiger partial charge in [-0.05, 0) is 31.2 Å². The fourth-order valence-corrected chi connectivity index (χ4v) is 1.62. The minimum absolute atomic E-state index is 0.0457. The smallest absolute Gasteiger partial charge is 0.269 e. The number of furan rings is 1. The summed E-state index contributed by atoms with van der Waals surface area (Å²) in [7, 11) is 0. The van der Waals surface area contributed by atoms with Gasteiger partial charge in [-0.3, -0.25) is 14.9 Å². The second-order valence-electron chi connectivity index (χ2n) is 4.01. The van der Waals surface area contributed by atoms with E-state index in [9.17, 15) is 14.9 Å². The van der Waals surface area contributed by atoms with E-state index in [2.05, 4.69) is 5.32 Å². The molecule has 2 rings (SSSR count). The Balaban J connectivity index is 2.05. The molecule has 2 aromatic rings. The number of nitrogens with one attached hydrogen (secondary N) is 1. The molecule has 0 aliphatic heterocycles. The summed E-state index contributed by atoms with van der Waals surface area (Å²) < 4.78 is 5.18. The molecule has 0 aliphatic rings. The van der Waals surface area contributed by atoms with Crippen molar-refractivity contribution in [2.24, 2.45) is 0 Å². The lowest BCUT2D eigenvalue weighted by molar-refractivity contribution is -0.384. The average molecular weight is 260 g/mol. The normalized spacial score (nSPS) is 11.8. The second kappa shape index (κ2) is 5.34. The molecule has 0 bridgehead atoms. The number of hydrogen-bond donors (Lipinski definition) is 1. The molecule has 1 aromatic heterocycles. The van der Waals surface area contributed by atoms with Gasteiger partial charge in [0.1, 0.15) is 5.76 Å². The zero-order chi connectivity index (χ0) is 13.8. The standard InChI is InChI=1S/C13H12N2O4/c1-9(12-3-2-8-19-12)14-13(16)10-4-6-11(7-5-10)15(17)18/h2-9H,1H3,(H,14,16)/t9-/m1/s1. The molecule has 6 nitrogen and oxygen atoms in total. The first-order valence-corrected chi connectivity index (χ1v) is 5.66. The Bertz CT molecular complexity index is 575. The lowest BCUT2D eigenvalue weighted by Gasteiger charge is -2.11. The molecule has 6 heteroatoms. The lowest BCUT2D eigenvalue weighted by Crippen LogP contribution is -2.26. The van der Waals surface area contributed by atoms with Crippen molar-refractivity contribution in [3.63, 3.8) is 0 Å². The van der Waals surface area contributed by atoms with E-state index >= 15 is 0 Å². The number of nitrogens with zero attached hydrogens (tertiary/aromatic N) is 1. The van der Waals surface area contributed by atoms with Crippen LogP contribution in [0.5, 0.6) is 0 Å². The molecule has 98 valence electrons. The van der Waals surface area contributed by atoms with Crippen LogP contribution in [-0.2, 0) is 0 Å². The quantitative estimate of drug-likeness (QED) is 0.676. The fraction of sp³-hybridized carbons (Fsp3) is 0.154. The predicted octanol–water partition coefficient (Wildman–Crippen LogP) is 2.68. The van der Waals surface area contributed by atoms with Crippen molar-refractivity contribution in [1.29, 1.82) is 0 Å². The van der Waals surface area contributed by atoms with Gasteiger partial charge in [0, 0.05) is 17.7 Å². The van der Waals surface area contributed by atoms with E-state index in [1.54, 1.807) is 19.1 Å². The summed E-state index contributed by atoms with van der Waals surface area (Å²) in [5.41, 5.74) is 0.319. The first-order valence-electron chi connectivity index (χ1n) is 5.66. The summed E-state index contributed by atoms with van der Waals surface area (Å²) in [6, 6.07) is 8.67. The van der Waals surface area contributed by atoms with E-state index in [0.29, 0.717) is 11.3 Å². The van der Waals surface area contributed by atoms with Crippen molar-refractivity contribution in [1.82, 2.24) is 5.32 Å². The number of nitro groups is 1. The minimum atomic E-state index is -0.507. The molecule has 0 spiro atoms. The van der Waals surface area contributed by atoms with Gasteiger partial charge in [0.2, 0.25) is 0 Å². The molecular weight excluding hydrogens is 248 g/mol. The second-order valence-corrected chi connectivity index (χ2v) is 4.01. The van der Waals surface area contributed by atoms with Gasteiger partial charge in [0.25, 0.3) is 11.6 Å². The molecule has 1 amide bonds. The van der Waals surface area contributed by atoms with Crippen molar-refractivity contribution in [2.75, 3.05) is 0 Å². The summed E-state index contributed by atoms with van der Waals surface area (Å²) in [4.78, 5) is 21.9. The molecule has 0 fully saturated rings. The number of amides is 1. The minimum Gasteiger partial charge on any atom is -0.467 e. The number of hydrogen-bond acceptors (Lipinski definition) is 4. The molecule has 0 radical (unpaired) electrons. The van der Waals surface area contributed by atoms with Crippen LogP contribution in [0.2, 0.25) is 0 Å². The molecule has 0 saturated heterocycles. The van der Waals surface area contributed by atoms with Crippen molar-refractivity contribution in [3.8, 4) is 0 Å². The van der Waals surface area contributed by atoms with Crippen LogP contribution in [0, 0.1) is 10.1 Å². The van der Waals surface area contributed by atoms with Gasteiger partial charge < -0.3 is 9.73 Å². The highest BCUT2D eigenvalue weighted by molar-refractivity contribution is 5.94. The summed E-state index contributed by atoms with van der Waals surface area (Å²) in [6.45, 7) is 1.79. The number of rotatable bonds is 4. The average Bonchev–Trinajstić information content (AvgIpc) is 2.92. The molecular formula is C13H12N2O4. The van der Waals surface area contributed by atoms with Gasteiger partial charge in [-0.15, -0.1) is 0 Å². The van der Waals surface area contributed by atoms with Crippen LogP contribution in [0.1, 0.15) is 29.1 Å². The van der Waals surface area contributed by atoms with Crippen molar-refractivity contribution < 1.29 is 14.1 Å². The zero-order valence-electron chi connectivity index (χ0n) is 10.2. The first kappa shape index (κ1) is 12.8. The highest BCUT2D eigenvalue weighted by Crippen LogP contribution is 2.15. The number of benzene rings is 1. The van der Waals surface area contributed by atoms with Crippen molar-refractivity contribution >= 4 is 11.6 Å². The molecule has 1 atom stereocenters.